The summed E-state index contributed by atoms with van der Waals surface area (Å²) in [6.07, 6.45) is 3.87. The summed E-state index contributed by atoms with van der Waals surface area (Å²) in [5.41, 5.74) is -2.34. The lowest BCUT2D eigenvalue weighted by Gasteiger charge is -2.44. The summed E-state index contributed by atoms with van der Waals surface area (Å²) >= 11 is 0. The fourth-order valence-corrected chi connectivity index (χ4v) is 5.27. The molecule has 1 aliphatic carbocycles. The van der Waals surface area contributed by atoms with Gasteiger partial charge in [-0.3, -0.25) is 9.52 Å². The summed E-state index contributed by atoms with van der Waals surface area (Å²) in [6, 6.07) is 4.27. The highest BCUT2D eigenvalue weighted by Crippen LogP contribution is 2.56. The van der Waals surface area contributed by atoms with Gasteiger partial charge in [0.15, 0.2) is 0 Å². The van der Waals surface area contributed by atoms with Crippen LogP contribution in [0.4, 0.5) is 14.6 Å². The number of alkyl halides is 1. The molecule has 158 valence electrons. The molecular formula is C19H19F2N5O3S. The topological polar surface area (TPSA) is 108 Å². The van der Waals surface area contributed by atoms with Gasteiger partial charge in [0, 0.05) is 17.3 Å². The number of amides is 1. The number of nitrogens with zero attached hydrogens (tertiary/aromatic N) is 3. The number of carbonyl (C=O) groups is 1. The smallest absolute Gasteiger partial charge is 0.273 e. The Balaban J connectivity index is 1.61. The van der Waals surface area contributed by atoms with Crippen molar-refractivity contribution in [3.05, 3.63) is 30.3 Å². The van der Waals surface area contributed by atoms with Crippen molar-refractivity contribution >= 4 is 43.7 Å². The van der Waals surface area contributed by atoms with Gasteiger partial charge in [0.1, 0.15) is 23.6 Å². The number of carbonyl (C=O) groups excluding carboxylic acids is 1. The fourth-order valence-electron chi connectivity index (χ4n) is 4.77. The minimum absolute atomic E-state index is 0.223. The summed E-state index contributed by atoms with van der Waals surface area (Å²) in [4.78, 5) is 25.9. The largest absolute Gasteiger partial charge is 0.351 e. The minimum Gasteiger partial charge on any atom is -0.351 e. The van der Waals surface area contributed by atoms with Crippen molar-refractivity contribution in [2.75, 3.05) is 24.2 Å². The normalized spacial score (nSPS) is 23.2. The molecule has 0 bridgehead atoms. The first kappa shape index (κ1) is 19.2. The summed E-state index contributed by atoms with van der Waals surface area (Å²) in [7, 11) is -3.90. The van der Waals surface area contributed by atoms with Gasteiger partial charge in [0.25, 0.3) is 5.91 Å². The van der Waals surface area contributed by atoms with E-state index in [9.17, 15) is 17.6 Å². The molecule has 2 N–H and O–H groups in total. The van der Waals surface area contributed by atoms with Crippen molar-refractivity contribution in [3.8, 4) is 0 Å². The van der Waals surface area contributed by atoms with Crippen LogP contribution in [0.25, 0.3) is 21.9 Å². The van der Waals surface area contributed by atoms with Crippen molar-refractivity contribution in [1.82, 2.24) is 19.7 Å². The van der Waals surface area contributed by atoms with Crippen LogP contribution >= 0.6 is 0 Å². The zero-order valence-corrected chi connectivity index (χ0v) is 16.9. The molecular weight excluding hydrogens is 416 g/mol. The molecule has 2 aliphatic rings. The van der Waals surface area contributed by atoms with Crippen LogP contribution < -0.4 is 9.62 Å². The van der Waals surface area contributed by atoms with Crippen molar-refractivity contribution < 1.29 is 22.0 Å². The lowest BCUT2D eigenvalue weighted by atomic mass is 9.61. The SMILES string of the molecule is CS(=O)(=O)NC(=O)[C@@]1(F)CN(c2ncnc3[nH]c4cc(F)ccc4c23)CC12CCC2. The lowest BCUT2D eigenvalue weighted by Crippen LogP contribution is -2.58. The molecule has 3 heterocycles. The summed E-state index contributed by atoms with van der Waals surface area (Å²) in [5, 5.41) is 1.29. The van der Waals surface area contributed by atoms with E-state index in [1.807, 2.05) is 4.72 Å². The molecule has 1 saturated carbocycles. The maximum absolute atomic E-state index is 16.1. The minimum atomic E-state index is -3.90. The van der Waals surface area contributed by atoms with E-state index < -0.39 is 32.8 Å². The second kappa shape index (κ2) is 6.10. The first-order chi connectivity index (χ1) is 14.1. The average Bonchev–Trinajstić information content (AvgIpc) is 3.15. The molecule has 30 heavy (non-hydrogen) atoms. The van der Waals surface area contributed by atoms with Crippen molar-refractivity contribution in [1.29, 1.82) is 0 Å². The number of hydrogen-bond donors (Lipinski definition) is 2. The molecule has 1 amide bonds. The van der Waals surface area contributed by atoms with E-state index in [1.165, 1.54) is 18.5 Å². The van der Waals surface area contributed by atoms with Gasteiger partial charge in [-0.05, 0) is 31.0 Å². The molecule has 2 fully saturated rings. The highest BCUT2D eigenvalue weighted by Gasteiger charge is 2.66. The number of anilines is 1. The van der Waals surface area contributed by atoms with E-state index in [0.717, 1.165) is 12.7 Å². The number of rotatable bonds is 3. The number of aromatic nitrogens is 3. The van der Waals surface area contributed by atoms with Crippen LogP contribution in [0.1, 0.15) is 19.3 Å². The van der Waals surface area contributed by atoms with Gasteiger partial charge in [-0.25, -0.2) is 27.2 Å². The number of halogens is 2. The second-order valence-corrected chi connectivity index (χ2v) is 9.98. The molecule has 2 aromatic heterocycles. The van der Waals surface area contributed by atoms with Crippen LogP contribution in [0.3, 0.4) is 0 Å². The number of nitrogens with one attached hydrogen (secondary N) is 2. The van der Waals surface area contributed by atoms with E-state index in [4.69, 9.17) is 0 Å². The van der Waals surface area contributed by atoms with E-state index in [-0.39, 0.29) is 13.1 Å². The molecule has 0 unspecified atom stereocenters. The third kappa shape index (κ3) is 2.68. The molecule has 1 atom stereocenters. The number of benzene rings is 1. The monoisotopic (exact) mass is 435 g/mol. The first-order valence-electron chi connectivity index (χ1n) is 9.50. The van der Waals surface area contributed by atoms with Crippen molar-refractivity contribution in [2.45, 2.75) is 24.9 Å². The third-order valence-corrected chi connectivity index (χ3v) is 6.88. The van der Waals surface area contributed by atoms with Gasteiger partial charge < -0.3 is 9.88 Å². The first-order valence-corrected chi connectivity index (χ1v) is 11.4. The van der Waals surface area contributed by atoms with Crippen molar-refractivity contribution in [2.24, 2.45) is 5.41 Å². The second-order valence-electron chi connectivity index (χ2n) is 8.23. The zero-order chi connectivity index (χ0) is 21.3. The van der Waals surface area contributed by atoms with Gasteiger partial charge >= 0.3 is 0 Å². The Hall–Kier alpha value is -2.82. The molecule has 0 radical (unpaired) electrons. The Kier molecular flexibility index (Phi) is 3.89. The number of fused-ring (bicyclic) bond motifs is 3. The molecule has 1 aromatic carbocycles. The third-order valence-electron chi connectivity index (χ3n) is 6.32. The number of aromatic amines is 1. The number of hydrogen-bond acceptors (Lipinski definition) is 6. The number of H-pyrrole nitrogens is 1. The Morgan fingerprint density at radius 2 is 2.03 bits per heavy atom. The van der Waals surface area contributed by atoms with E-state index in [0.29, 0.717) is 40.6 Å². The Bertz CT molecular complexity index is 1300. The average molecular weight is 435 g/mol. The van der Waals surface area contributed by atoms with Crippen LogP contribution in [-0.4, -0.2) is 54.3 Å². The molecule has 1 aliphatic heterocycles. The number of sulfonamides is 1. The van der Waals surface area contributed by atoms with Crippen LogP contribution in [0.5, 0.6) is 0 Å². The summed E-state index contributed by atoms with van der Waals surface area (Å²) in [5.74, 6) is -1.12. The van der Waals surface area contributed by atoms with E-state index >= 15 is 4.39 Å². The van der Waals surface area contributed by atoms with E-state index in [2.05, 4.69) is 15.0 Å². The lowest BCUT2D eigenvalue weighted by molar-refractivity contribution is -0.141. The van der Waals surface area contributed by atoms with Gasteiger partial charge in [0.05, 0.1) is 23.7 Å². The highest BCUT2D eigenvalue weighted by molar-refractivity contribution is 7.89. The van der Waals surface area contributed by atoms with Gasteiger partial charge in [0.2, 0.25) is 15.7 Å². The maximum atomic E-state index is 16.1. The molecule has 1 spiro atoms. The fraction of sp³-hybridized carbons (Fsp3) is 0.421. The predicted octanol–water partition coefficient (Wildman–Crippen LogP) is 2.02. The predicted molar refractivity (Wildman–Crippen MR) is 107 cm³/mol. The van der Waals surface area contributed by atoms with Crippen LogP contribution in [0.2, 0.25) is 0 Å². The maximum Gasteiger partial charge on any atom is 0.273 e. The standard InChI is InChI=1S/C19H19F2N5O3S/c1-30(28,29)25-17(27)19(21)9-26(8-18(19)5-2-6-18)16-14-12-4-3-11(20)7-13(12)24-15(14)22-10-23-16/h3-4,7,10H,2,5-6,8-9H2,1H3,(H,25,27)(H,22,23,24)/t19-/m0/s1. The molecule has 8 nitrogen and oxygen atoms in total. The summed E-state index contributed by atoms with van der Waals surface area (Å²) < 4.78 is 54.7. The molecule has 5 rings (SSSR count). The molecule has 1 saturated heterocycles. The van der Waals surface area contributed by atoms with Crippen LogP contribution in [0.15, 0.2) is 24.5 Å². The Morgan fingerprint density at radius 3 is 2.70 bits per heavy atom. The van der Waals surface area contributed by atoms with Gasteiger partial charge in [-0.2, -0.15) is 0 Å². The van der Waals surface area contributed by atoms with Gasteiger partial charge in [-0.15, -0.1) is 0 Å². The molecule has 11 heteroatoms. The quantitative estimate of drug-likeness (QED) is 0.652. The Morgan fingerprint density at radius 1 is 1.27 bits per heavy atom. The van der Waals surface area contributed by atoms with Gasteiger partial charge in [-0.1, -0.05) is 6.42 Å². The van der Waals surface area contributed by atoms with Crippen LogP contribution in [-0.2, 0) is 14.8 Å². The highest BCUT2D eigenvalue weighted by atomic mass is 32.2. The van der Waals surface area contributed by atoms with Crippen molar-refractivity contribution in [3.63, 3.8) is 0 Å². The summed E-state index contributed by atoms with van der Waals surface area (Å²) in [6.45, 7) is -0.102. The van der Waals surface area contributed by atoms with Crippen LogP contribution in [0, 0.1) is 11.2 Å². The molecule has 3 aromatic rings. The zero-order valence-electron chi connectivity index (χ0n) is 16.1. The van der Waals surface area contributed by atoms with E-state index in [1.54, 1.807) is 11.0 Å². The Labute approximate surface area is 170 Å².